The van der Waals surface area contributed by atoms with E-state index in [1.54, 1.807) is 13.8 Å². The number of carbonyl (C=O) groups is 6. The zero-order valence-corrected chi connectivity index (χ0v) is 18.6. The lowest BCUT2D eigenvalue weighted by Crippen LogP contribution is -2.58. The van der Waals surface area contributed by atoms with Crippen molar-refractivity contribution in [3.63, 3.8) is 0 Å². The minimum atomic E-state index is -1.51. The van der Waals surface area contributed by atoms with Gasteiger partial charge in [-0.15, -0.1) is 0 Å². The maximum Gasteiger partial charge on any atom is 0.326 e. The summed E-state index contributed by atoms with van der Waals surface area (Å²) in [7, 11) is 0. The van der Waals surface area contributed by atoms with Gasteiger partial charge in [0.1, 0.15) is 18.1 Å². The fraction of sp³-hybridized carbons (Fsp3) is 0.700. The van der Waals surface area contributed by atoms with Crippen LogP contribution in [0.5, 0.6) is 0 Å². The Bertz CT molecular complexity index is 752. The van der Waals surface area contributed by atoms with Crippen molar-refractivity contribution in [2.75, 3.05) is 6.54 Å². The highest BCUT2D eigenvalue weighted by Crippen LogP contribution is 2.10. The molecule has 13 heteroatoms. The van der Waals surface area contributed by atoms with E-state index in [2.05, 4.69) is 21.3 Å². The van der Waals surface area contributed by atoms with Crippen molar-refractivity contribution >= 4 is 35.6 Å². The van der Waals surface area contributed by atoms with Gasteiger partial charge in [0.2, 0.25) is 17.7 Å². The fourth-order valence-electron chi connectivity index (χ4n) is 3.31. The van der Waals surface area contributed by atoms with Crippen LogP contribution in [0, 0.1) is 5.92 Å². The summed E-state index contributed by atoms with van der Waals surface area (Å²) in [4.78, 5) is 71.5. The lowest BCUT2D eigenvalue weighted by molar-refractivity contribution is -0.144. The normalized spacial score (nSPS) is 18.9. The Morgan fingerprint density at radius 3 is 2.06 bits per heavy atom. The molecular formula is C20H32N4O9. The highest BCUT2D eigenvalue weighted by molar-refractivity contribution is 5.95. The third-order valence-electron chi connectivity index (χ3n) is 5.45. The summed E-state index contributed by atoms with van der Waals surface area (Å²) in [6.07, 6.45) is 0.0574. The van der Waals surface area contributed by atoms with Gasteiger partial charge in [-0.25, -0.2) is 4.79 Å². The largest absolute Gasteiger partial charge is 0.481 e. The van der Waals surface area contributed by atoms with Gasteiger partial charge in [-0.3, -0.25) is 24.0 Å². The Morgan fingerprint density at radius 2 is 1.58 bits per heavy atom. The Morgan fingerprint density at radius 1 is 0.939 bits per heavy atom. The summed E-state index contributed by atoms with van der Waals surface area (Å²) < 4.78 is 0. The lowest BCUT2D eigenvalue weighted by Gasteiger charge is -2.26. The SMILES string of the molecule is CCC(C)C(NC(=O)C(CCC(=O)O)NC(=O)C(CC(=O)O)NC(=O)C1CCCN1)C(=O)O. The summed E-state index contributed by atoms with van der Waals surface area (Å²) in [5.41, 5.74) is 0. The Labute approximate surface area is 190 Å². The van der Waals surface area contributed by atoms with Crippen LogP contribution in [0.15, 0.2) is 0 Å². The van der Waals surface area contributed by atoms with E-state index in [-0.39, 0.29) is 6.42 Å². The minimum Gasteiger partial charge on any atom is -0.481 e. The lowest BCUT2D eigenvalue weighted by atomic mass is 9.98. The quantitative estimate of drug-likeness (QED) is 0.158. The van der Waals surface area contributed by atoms with E-state index < -0.39 is 78.6 Å². The monoisotopic (exact) mass is 472 g/mol. The van der Waals surface area contributed by atoms with Gasteiger partial charge in [0.05, 0.1) is 12.5 Å². The maximum absolute atomic E-state index is 12.7. The van der Waals surface area contributed by atoms with Crippen molar-refractivity contribution in [2.45, 2.75) is 76.5 Å². The molecule has 0 aliphatic carbocycles. The number of carboxylic acid groups (broad SMARTS) is 3. The van der Waals surface area contributed by atoms with E-state index in [0.29, 0.717) is 19.4 Å². The van der Waals surface area contributed by atoms with Crippen LogP contribution in [0.4, 0.5) is 0 Å². The van der Waals surface area contributed by atoms with E-state index in [4.69, 9.17) is 10.2 Å². The number of hydrogen-bond donors (Lipinski definition) is 7. The first kappa shape index (κ1) is 27.8. The van der Waals surface area contributed by atoms with Gasteiger partial charge in [-0.2, -0.15) is 0 Å². The summed E-state index contributed by atoms with van der Waals surface area (Å²) in [5, 5.41) is 37.3. The van der Waals surface area contributed by atoms with Crippen LogP contribution < -0.4 is 21.3 Å². The van der Waals surface area contributed by atoms with Gasteiger partial charge in [0.15, 0.2) is 0 Å². The molecule has 0 bridgehead atoms. The summed E-state index contributed by atoms with van der Waals surface area (Å²) in [5.74, 6) is -6.84. The average molecular weight is 472 g/mol. The Kier molecular flexibility index (Phi) is 11.3. The van der Waals surface area contributed by atoms with E-state index >= 15 is 0 Å². The van der Waals surface area contributed by atoms with Crippen molar-refractivity contribution in [2.24, 2.45) is 5.92 Å². The molecule has 1 saturated heterocycles. The summed E-state index contributed by atoms with van der Waals surface area (Å²) in [6, 6.07) is -4.80. The number of carboxylic acids is 3. The third-order valence-corrected chi connectivity index (χ3v) is 5.45. The molecule has 1 aliphatic rings. The number of hydrogen-bond acceptors (Lipinski definition) is 7. The molecule has 3 amide bonds. The smallest absolute Gasteiger partial charge is 0.326 e. The first-order valence-electron chi connectivity index (χ1n) is 10.8. The van der Waals surface area contributed by atoms with Crippen LogP contribution in [-0.4, -0.2) is 81.7 Å². The summed E-state index contributed by atoms with van der Waals surface area (Å²) >= 11 is 0. The fourth-order valence-corrected chi connectivity index (χ4v) is 3.31. The molecule has 7 N–H and O–H groups in total. The van der Waals surface area contributed by atoms with Crippen molar-refractivity contribution in [1.82, 2.24) is 21.3 Å². The minimum absolute atomic E-state index is 0.363. The van der Waals surface area contributed by atoms with Gasteiger partial charge in [-0.1, -0.05) is 20.3 Å². The van der Waals surface area contributed by atoms with Crippen molar-refractivity contribution in [3.05, 3.63) is 0 Å². The number of carbonyl (C=O) groups excluding carboxylic acids is 3. The molecule has 1 rings (SSSR count). The number of rotatable bonds is 14. The highest BCUT2D eigenvalue weighted by Gasteiger charge is 2.33. The molecule has 1 heterocycles. The molecule has 0 radical (unpaired) electrons. The molecule has 33 heavy (non-hydrogen) atoms. The van der Waals surface area contributed by atoms with Crippen molar-refractivity contribution in [3.8, 4) is 0 Å². The summed E-state index contributed by atoms with van der Waals surface area (Å²) in [6.45, 7) is 3.94. The van der Waals surface area contributed by atoms with Crippen molar-refractivity contribution < 1.29 is 44.1 Å². The molecular weight excluding hydrogens is 440 g/mol. The molecule has 5 atom stereocenters. The van der Waals surface area contributed by atoms with Crippen molar-refractivity contribution in [1.29, 1.82) is 0 Å². The Balaban J connectivity index is 2.98. The predicted octanol–water partition coefficient (Wildman–Crippen LogP) is -1.34. The van der Waals surface area contributed by atoms with Gasteiger partial charge in [0, 0.05) is 6.42 Å². The second-order valence-electron chi connectivity index (χ2n) is 8.01. The molecule has 0 aromatic heterocycles. The number of nitrogens with one attached hydrogen (secondary N) is 4. The highest BCUT2D eigenvalue weighted by atomic mass is 16.4. The number of aliphatic carboxylic acids is 3. The van der Waals surface area contributed by atoms with E-state index in [1.165, 1.54) is 0 Å². The van der Waals surface area contributed by atoms with Gasteiger partial charge >= 0.3 is 17.9 Å². The molecule has 186 valence electrons. The predicted molar refractivity (Wildman–Crippen MR) is 113 cm³/mol. The molecule has 1 aliphatic heterocycles. The molecule has 0 aromatic carbocycles. The first-order chi connectivity index (χ1) is 15.5. The van der Waals surface area contributed by atoms with Crippen LogP contribution in [0.25, 0.3) is 0 Å². The van der Waals surface area contributed by atoms with Crippen LogP contribution in [0.3, 0.4) is 0 Å². The number of amides is 3. The second kappa shape index (κ2) is 13.4. The van der Waals surface area contributed by atoms with E-state index in [0.717, 1.165) is 6.42 Å². The molecule has 0 saturated carbocycles. The van der Waals surface area contributed by atoms with Gasteiger partial charge in [0.25, 0.3) is 0 Å². The molecule has 1 fully saturated rings. The first-order valence-corrected chi connectivity index (χ1v) is 10.8. The van der Waals surface area contributed by atoms with E-state index in [1.807, 2.05) is 0 Å². The average Bonchev–Trinajstić information content (AvgIpc) is 3.27. The third kappa shape index (κ3) is 9.43. The van der Waals surface area contributed by atoms with E-state index in [9.17, 15) is 33.9 Å². The maximum atomic E-state index is 12.7. The van der Waals surface area contributed by atoms with Crippen LogP contribution in [-0.2, 0) is 28.8 Å². The van der Waals surface area contributed by atoms with Crippen LogP contribution >= 0.6 is 0 Å². The van der Waals surface area contributed by atoms with Crippen LogP contribution in [0.1, 0.15) is 52.4 Å². The zero-order chi connectivity index (χ0) is 25.1. The molecule has 0 aromatic rings. The zero-order valence-electron chi connectivity index (χ0n) is 18.6. The molecule has 0 spiro atoms. The molecule has 5 unspecified atom stereocenters. The topological polar surface area (TPSA) is 211 Å². The van der Waals surface area contributed by atoms with Crippen LogP contribution in [0.2, 0.25) is 0 Å². The second-order valence-corrected chi connectivity index (χ2v) is 8.01. The van der Waals surface area contributed by atoms with Gasteiger partial charge < -0.3 is 36.6 Å². The Hall–Kier alpha value is -3.22. The standard InChI is InChI=1S/C20H32N4O9/c1-3-10(2)16(20(32)33)24-18(30)12(6-7-14(25)26)22-19(31)13(9-15(27)28)23-17(29)11-5-4-8-21-11/h10-13,16,21H,3-9H2,1-2H3,(H,22,31)(H,23,29)(H,24,30)(H,25,26)(H,27,28)(H,32,33). The molecule has 13 nitrogen and oxygen atoms in total. The van der Waals surface area contributed by atoms with Gasteiger partial charge in [-0.05, 0) is 31.7 Å².